The number of hydrogen-bond acceptors (Lipinski definition) is 8. The first kappa shape index (κ1) is 21.6. The molecule has 0 aliphatic carbocycles. The van der Waals surface area contributed by atoms with Gasteiger partial charge in [0, 0.05) is 34.8 Å². The van der Waals surface area contributed by atoms with Crippen LogP contribution in [0.1, 0.15) is 44.6 Å². The predicted molar refractivity (Wildman–Crippen MR) is 128 cm³/mol. The third kappa shape index (κ3) is 4.49. The summed E-state index contributed by atoms with van der Waals surface area (Å²) in [5, 5.41) is 13.3. The average molecular weight is 480 g/mol. The Kier molecular flexibility index (Phi) is 6.10. The molecule has 2 aromatic carbocycles. The number of nitrogens with one attached hydrogen (secondary N) is 1. The molecule has 10 heteroatoms. The molecule has 8 nitrogen and oxygen atoms in total. The number of amides is 2. The first-order chi connectivity index (χ1) is 16.1. The van der Waals surface area contributed by atoms with Crippen molar-refractivity contribution in [3.63, 3.8) is 0 Å². The van der Waals surface area contributed by atoms with Crippen molar-refractivity contribution in [3.8, 4) is 0 Å². The molecule has 0 spiro atoms. The molecule has 1 aliphatic rings. The van der Waals surface area contributed by atoms with E-state index in [2.05, 4.69) is 20.6 Å². The summed E-state index contributed by atoms with van der Waals surface area (Å²) in [6.07, 6.45) is 3.60. The van der Waals surface area contributed by atoms with Crippen molar-refractivity contribution in [2.45, 2.75) is 23.7 Å². The zero-order valence-electron chi connectivity index (χ0n) is 17.9. The number of thiazole rings is 1. The summed E-state index contributed by atoms with van der Waals surface area (Å²) in [5.41, 5.74) is 3.00. The number of hydrogen-bond donors (Lipinski definition) is 1. The molecule has 168 valence electrons. The summed E-state index contributed by atoms with van der Waals surface area (Å²) in [6, 6.07) is 12.9. The monoisotopic (exact) mass is 479 g/mol. The number of carbonyl (C=O) groups excluding carboxylic acids is 2. The molecule has 5 rings (SSSR count). The van der Waals surface area contributed by atoms with Gasteiger partial charge in [-0.25, -0.2) is 9.61 Å². The van der Waals surface area contributed by atoms with Crippen molar-refractivity contribution in [2.24, 2.45) is 0 Å². The van der Waals surface area contributed by atoms with E-state index in [-0.39, 0.29) is 17.7 Å². The maximum atomic E-state index is 12.9. The second-order valence-corrected chi connectivity index (χ2v) is 9.50. The number of para-hydroxylation sites is 1. The fourth-order valence-corrected chi connectivity index (χ4v) is 5.47. The van der Waals surface area contributed by atoms with Crippen LogP contribution in [0.15, 0.2) is 57.4 Å². The number of fused-ring (bicyclic) bond motifs is 1. The van der Waals surface area contributed by atoms with Crippen LogP contribution in [0.4, 0.5) is 5.69 Å². The highest BCUT2D eigenvalue weighted by molar-refractivity contribution is 7.98. The van der Waals surface area contributed by atoms with Gasteiger partial charge in [-0.15, -0.1) is 23.1 Å². The van der Waals surface area contributed by atoms with E-state index in [0.717, 1.165) is 28.4 Å². The van der Waals surface area contributed by atoms with Crippen molar-refractivity contribution in [2.75, 3.05) is 24.7 Å². The molecule has 0 bridgehead atoms. The second kappa shape index (κ2) is 9.32. The number of rotatable bonds is 5. The Morgan fingerprint density at radius 1 is 1.12 bits per heavy atom. The largest absolute Gasteiger partial charge is 0.339 e. The van der Waals surface area contributed by atoms with Gasteiger partial charge in [0.25, 0.3) is 11.8 Å². The first-order valence-electron chi connectivity index (χ1n) is 10.5. The van der Waals surface area contributed by atoms with E-state index in [4.69, 9.17) is 4.63 Å². The zero-order chi connectivity index (χ0) is 22.8. The zero-order valence-corrected chi connectivity index (χ0v) is 19.5. The maximum Gasteiger partial charge on any atom is 0.275 e. The van der Waals surface area contributed by atoms with Crippen LogP contribution >= 0.6 is 23.1 Å². The molecular formula is C23H21N5O3S2. The fourth-order valence-electron chi connectivity index (χ4n) is 3.94. The molecule has 1 aliphatic heterocycles. The molecule has 0 saturated carbocycles. The quantitative estimate of drug-likeness (QED) is 0.415. The number of benzene rings is 2. The first-order valence-corrected chi connectivity index (χ1v) is 12.6. The lowest BCUT2D eigenvalue weighted by Gasteiger charge is -2.31. The Morgan fingerprint density at radius 3 is 2.73 bits per heavy atom. The van der Waals surface area contributed by atoms with Crippen LogP contribution in [0.2, 0.25) is 0 Å². The van der Waals surface area contributed by atoms with E-state index >= 15 is 0 Å². The van der Waals surface area contributed by atoms with Gasteiger partial charge < -0.3 is 10.2 Å². The number of nitrogens with zero attached hydrogens (tertiary/aromatic N) is 4. The number of anilines is 1. The Hall–Kier alpha value is -3.24. The predicted octanol–water partition coefficient (Wildman–Crippen LogP) is 4.67. The number of piperidine rings is 1. The second-order valence-electron chi connectivity index (χ2n) is 7.76. The summed E-state index contributed by atoms with van der Waals surface area (Å²) < 4.78 is 4.71. The Morgan fingerprint density at radius 2 is 1.91 bits per heavy atom. The lowest BCUT2D eigenvalue weighted by atomic mass is 9.97. The topological polar surface area (TPSA) is 101 Å². The van der Waals surface area contributed by atoms with Crippen LogP contribution in [0, 0.1) is 0 Å². The van der Waals surface area contributed by atoms with Crippen LogP contribution in [0.5, 0.6) is 0 Å². The minimum absolute atomic E-state index is 0.0231. The van der Waals surface area contributed by atoms with Gasteiger partial charge in [0.05, 0.1) is 10.7 Å². The number of thioether (sulfide) groups is 1. The van der Waals surface area contributed by atoms with Gasteiger partial charge in [0.2, 0.25) is 0 Å². The molecule has 0 unspecified atom stereocenters. The molecule has 1 saturated heterocycles. The molecule has 2 amide bonds. The van der Waals surface area contributed by atoms with Gasteiger partial charge in [-0.1, -0.05) is 12.1 Å². The summed E-state index contributed by atoms with van der Waals surface area (Å²) >= 11 is 3.09. The van der Waals surface area contributed by atoms with Crippen LogP contribution in [0.3, 0.4) is 0 Å². The van der Waals surface area contributed by atoms with Crippen LogP contribution < -0.4 is 5.32 Å². The summed E-state index contributed by atoms with van der Waals surface area (Å²) in [7, 11) is 0. The highest BCUT2D eigenvalue weighted by Gasteiger charge is 2.27. The van der Waals surface area contributed by atoms with Crippen molar-refractivity contribution >= 4 is 51.6 Å². The van der Waals surface area contributed by atoms with E-state index in [1.54, 1.807) is 30.0 Å². The molecule has 33 heavy (non-hydrogen) atoms. The van der Waals surface area contributed by atoms with Crippen molar-refractivity contribution in [3.05, 3.63) is 64.1 Å². The van der Waals surface area contributed by atoms with Gasteiger partial charge in [0.15, 0.2) is 0 Å². The smallest absolute Gasteiger partial charge is 0.275 e. The van der Waals surface area contributed by atoms with E-state index in [0.29, 0.717) is 35.4 Å². The third-order valence-corrected chi connectivity index (χ3v) is 7.54. The lowest BCUT2D eigenvalue weighted by Crippen LogP contribution is -2.37. The van der Waals surface area contributed by atoms with Gasteiger partial charge in [-0.3, -0.25) is 9.59 Å². The van der Waals surface area contributed by atoms with Crippen molar-refractivity contribution in [1.29, 1.82) is 0 Å². The number of likely N-dealkylation sites (tertiary alicyclic amines) is 1. The third-order valence-electron chi connectivity index (χ3n) is 5.74. The van der Waals surface area contributed by atoms with E-state index in [1.807, 2.05) is 40.8 Å². The average Bonchev–Trinajstić information content (AvgIpc) is 3.53. The molecular weight excluding hydrogens is 458 g/mol. The molecule has 2 aromatic heterocycles. The SMILES string of the molecule is CSc1ccccc1NC(=O)c1csc(C2CCN(C(=O)c3ccc4nonc4c3)CC2)n1. The van der Waals surface area contributed by atoms with Gasteiger partial charge in [0.1, 0.15) is 16.7 Å². The summed E-state index contributed by atoms with van der Waals surface area (Å²) in [6.45, 7) is 1.28. The Bertz CT molecular complexity index is 1310. The maximum absolute atomic E-state index is 12.9. The molecule has 3 heterocycles. The molecule has 0 radical (unpaired) electrons. The van der Waals surface area contributed by atoms with Crippen molar-refractivity contribution < 1.29 is 14.2 Å². The number of carbonyl (C=O) groups is 2. The standard InChI is InChI=1S/C23H21N5O3S2/c1-32-20-5-3-2-4-17(20)24-21(29)19-13-33-22(25-19)14-8-10-28(11-9-14)23(30)15-6-7-16-18(12-15)27-31-26-16/h2-7,12-14H,8-11H2,1H3,(H,24,29). The molecule has 0 atom stereocenters. The fraction of sp³-hybridized carbons (Fsp3) is 0.261. The molecule has 4 aromatic rings. The lowest BCUT2D eigenvalue weighted by molar-refractivity contribution is 0.0713. The van der Waals surface area contributed by atoms with E-state index in [1.165, 1.54) is 11.3 Å². The van der Waals surface area contributed by atoms with Gasteiger partial charge in [-0.2, -0.15) is 0 Å². The molecule has 1 fully saturated rings. The minimum atomic E-state index is -0.204. The van der Waals surface area contributed by atoms with Crippen LogP contribution in [-0.4, -0.2) is 51.4 Å². The molecule has 1 N–H and O–H groups in total. The van der Waals surface area contributed by atoms with Crippen LogP contribution in [-0.2, 0) is 0 Å². The number of aromatic nitrogens is 3. The Labute approximate surface area is 198 Å². The summed E-state index contributed by atoms with van der Waals surface area (Å²) in [5.74, 6) is 0.00988. The van der Waals surface area contributed by atoms with Gasteiger partial charge >= 0.3 is 0 Å². The van der Waals surface area contributed by atoms with Gasteiger partial charge in [-0.05, 0) is 59.7 Å². The Balaban J connectivity index is 1.21. The normalized spacial score (nSPS) is 14.5. The van der Waals surface area contributed by atoms with E-state index < -0.39 is 0 Å². The highest BCUT2D eigenvalue weighted by atomic mass is 32.2. The highest BCUT2D eigenvalue weighted by Crippen LogP contribution is 2.31. The van der Waals surface area contributed by atoms with E-state index in [9.17, 15) is 9.59 Å². The summed E-state index contributed by atoms with van der Waals surface area (Å²) in [4.78, 5) is 33.1. The van der Waals surface area contributed by atoms with Crippen LogP contribution in [0.25, 0.3) is 11.0 Å². The van der Waals surface area contributed by atoms with Crippen molar-refractivity contribution in [1.82, 2.24) is 20.2 Å². The minimum Gasteiger partial charge on any atom is -0.339 e.